The van der Waals surface area contributed by atoms with Crippen LogP contribution in [0.3, 0.4) is 0 Å². The van der Waals surface area contributed by atoms with E-state index in [0.29, 0.717) is 28.9 Å². The summed E-state index contributed by atoms with van der Waals surface area (Å²) < 4.78 is 6.42. The van der Waals surface area contributed by atoms with Crippen molar-refractivity contribution in [1.82, 2.24) is 4.90 Å². The molecule has 0 radical (unpaired) electrons. The molecule has 12 atom stereocenters. The number of rotatable bonds is 12. The van der Waals surface area contributed by atoms with Crippen LogP contribution in [-0.2, 0) is 4.74 Å². The molecule has 4 spiro atoms. The first-order valence-corrected chi connectivity index (χ1v) is 19.9. The first kappa shape index (κ1) is 32.3. The Morgan fingerprint density at radius 2 is 1.93 bits per heavy atom. The first-order chi connectivity index (χ1) is 22.2. The van der Waals surface area contributed by atoms with Crippen LogP contribution in [0.1, 0.15) is 137 Å². The van der Waals surface area contributed by atoms with Gasteiger partial charge in [0.1, 0.15) is 0 Å². The number of ether oxygens (including phenoxy) is 1. The molecular formula is C42H65NO3. The summed E-state index contributed by atoms with van der Waals surface area (Å²) >= 11 is 0. The highest BCUT2D eigenvalue weighted by molar-refractivity contribution is 5.54. The maximum atomic E-state index is 9.97. The lowest BCUT2D eigenvalue weighted by Gasteiger charge is -2.74. The maximum absolute atomic E-state index is 9.97. The van der Waals surface area contributed by atoms with Gasteiger partial charge in [-0.05, 0) is 144 Å². The maximum Gasteiger partial charge on any atom is 0.0652 e. The molecule has 256 valence electrons. The van der Waals surface area contributed by atoms with Crippen molar-refractivity contribution in [1.29, 1.82) is 0 Å². The van der Waals surface area contributed by atoms with Gasteiger partial charge < -0.3 is 14.9 Å². The molecule has 8 rings (SSSR count). The molecule has 46 heavy (non-hydrogen) atoms. The molecule has 0 aromatic heterocycles. The SMILES string of the molecule is CCC(O)CCCCOCCC1CCCC12CC(C)C13CCC(C)=C1CC21C2(C=CCC31C)C=CC1C(CCCO)CCC13CN32. The molecule has 2 aliphatic heterocycles. The summed E-state index contributed by atoms with van der Waals surface area (Å²) in [6, 6.07) is 0. The van der Waals surface area contributed by atoms with Gasteiger partial charge in [0.25, 0.3) is 0 Å². The summed E-state index contributed by atoms with van der Waals surface area (Å²) in [6.45, 7) is 13.5. The van der Waals surface area contributed by atoms with Gasteiger partial charge in [0.05, 0.1) is 11.6 Å². The Balaban J connectivity index is 1.16. The molecule has 4 nitrogen and oxygen atoms in total. The zero-order valence-corrected chi connectivity index (χ0v) is 29.8. The Morgan fingerprint density at radius 1 is 1.07 bits per heavy atom. The van der Waals surface area contributed by atoms with Crippen LogP contribution in [0.25, 0.3) is 0 Å². The van der Waals surface area contributed by atoms with E-state index < -0.39 is 0 Å². The smallest absolute Gasteiger partial charge is 0.0652 e. The third kappa shape index (κ3) is 3.83. The number of hydrogen-bond donors (Lipinski definition) is 2. The van der Waals surface area contributed by atoms with Crippen molar-refractivity contribution in [2.45, 2.75) is 154 Å². The van der Waals surface area contributed by atoms with Gasteiger partial charge in [-0.3, -0.25) is 4.90 Å². The van der Waals surface area contributed by atoms with Gasteiger partial charge in [-0.2, -0.15) is 0 Å². The minimum atomic E-state index is -0.147. The molecule has 0 aromatic carbocycles. The summed E-state index contributed by atoms with van der Waals surface area (Å²) in [5.74, 6) is 2.89. The molecule has 4 saturated carbocycles. The molecule has 0 amide bonds. The average molecular weight is 632 g/mol. The standard InChI is InChI=1S/C42H65NO3/c1-5-34(45)13-6-7-25-46-26-17-33-12-8-19-38(33)27-31(3)41-23-14-30(2)36(41)28-42(38)37(41,4)18-10-20-40(42)22-16-35-32(11-9-24-44)15-21-39(35)29-43(39)40/h10,16,20,22,31-35,44-45H,5-9,11-15,17-19,21,23-29H2,1-4H3. The van der Waals surface area contributed by atoms with Crippen LogP contribution < -0.4 is 0 Å². The summed E-state index contributed by atoms with van der Waals surface area (Å²) in [6.07, 6.45) is 31.7. The highest BCUT2D eigenvalue weighted by atomic mass is 16.5. The molecule has 6 aliphatic carbocycles. The monoisotopic (exact) mass is 631 g/mol. The van der Waals surface area contributed by atoms with Crippen LogP contribution >= 0.6 is 0 Å². The summed E-state index contributed by atoms with van der Waals surface area (Å²) in [5.41, 5.74) is 5.26. The second-order valence-corrected chi connectivity index (χ2v) is 18.1. The van der Waals surface area contributed by atoms with Crippen LogP contribution in [0.15, 0.2) is 35.5 Å². The van der Waals surface area contributed by atoms with Crippen molar-refractivity contribution in [2.75, 3.05) is 26.4 Å². The fourth-order valence-electron chi connectivity index (χ4n) is 15.3. The van der Waals surface area contributed by atoms with Gasteiger partial charge in [0, 0.05) is 42.7 Å². The van der Waals surface area contributed by atoms with E-state index in [4.69, 9.17) is 4.74 Å². The predicted octanol–water partition coefficient (Wildman–Crippen LogP) is 8.78. The van der Waals surface area contributed by atoms with Crippen molar-refractivity contribution in [3.8, 4) is 0 Å². The van der Waals surface area contributed by atoms with Gasteiger partial charge >= 0.3 is 0 Å². The molecule has 1 saturated heterocycles. The van der Waals surface area contributed by atoms with E-state index >= 15 is 0 Å². The van der Waals surface area contributed by atoms with Crippen LogP contribution in [0, 0.1) is 45.3 Å². The number of hydrogen-bond acceptors (Lipinski definition) is 4. The van der Waals surface area contributed by atoms with Crippen molar-refractivity contribution in [2.24, 2.45) is 45.3 Å². The van der Waals surface area contributed by atoms with Crippen LogP contribution in [0.5, 0.6) is 0 Å². The molecule has 5 fully saturated rings. The second kappa shape index (κ2) is 11.3. The van der Waals surface area contributed by atoms with Crippen molar-refractivity contribution < 1.29 is 14.9 Å². The van der Waals surface area contributed by atoms with Crippen LogP contribution in [-0.4, -0.2) is 58.7 Å². The molecule has 8 aliphatic rings. The third-order valence-electron chi connectivity index (χ3n) is 17.1. The van der Waals surface area contributed by atoms with Crippen LogP contribution in [0.2, 0.25) is 0 Å². The molecular weight excluding hydrogens is 566 g/mol. The van der Waals surface area contributed by atoms with Crippen molar-refractivity contribution >= 4 is 0 Å². The third-order valence-corrected chi connectivity index (χ3v) is 17.1. The van der Waals surface area contributed by atoms with Crippen molar-refractivity contribution in [3.63, 3.8) is 0 Å². The summed E-state index contributed by atoms with van der Waals surface area (Å²) in [7, 11) is 0. The van der Waals surface area contributed by atoms with E-state index in [1.165, 1.54) is 83.6 Å². The lowest BCUT2D eigenvalue weighted by Crippen LogP contribution is -2.73. The van der Waals surface area contributed by atoms with E-state index in [9.17, 15) is 10.2 Å². The number of unbranched alkanes of at least 4 members (excludes halogenated alkanes) is 1. The van der Waals surface area contributed by atoms with E-state index in [2.05, 4.69) is 56.9 Å². The molecule has 12 unspecified atom stereocenters. The molecule has 2 bridgehead atoms. The van der Waals surface area contributed by atoms with Gasteiger partial charge in [-0.15, -0.1) is 0 Å². The van der Waals surface area contributed by atoms with Crippen molar-refractivity contribution in [3.05, 3.63) is 35.5 Å². The highest BCUT2D eigenvalue weighted by Gasteiger charge is 2.87. The van der Waals surface area contributed by atoms with E-state index in [-0.39, 0.29) is 22.5 Å². The summed E-state index contributed by atoms with van der Waals surface area (Å²) in [5, 5.41) is 19.6. The molecule has 2 heterocycles. The topological polar surface area (TPSA) is 52.7 Å². The zero-order chi connectivity index (χ0) is 32.0. The number of fused-ring (bicyclic) bond motifs is 1. The Kier molecular flexibility index (Phi) is 7.92. The Labute approximate surface area is 280 Å². The zero-order valence-electron chi connectivity index (χ0n) is 29.8. The van der Waals surface area contributed by atoms with Gasteiger partial charge in [-0.1, -0.05) is 62.6 Å². The fraction of sp³-hybridized carbons (Fsp3) is 0.857. The quantitative estimate of drug-likeness (QED) is 0.128. The lowest BCUT2D eigenvalue weighted by molar-refractivity contribution is -0.231. The predicted molar refractivity (Wildman–Crippen MR) is 186 cm³/mol. The number of aliphatic hydroxyl groups is 2. The number of nitrogens with zero attached hydrogens (tertiary/aromatic N) is 1. The largest absolute Gasteiger partial charge is 0.396 e. The highest BCUT2D eigenvalue weighted by Crippen LogP contribution is 2.90. The lowest BCUT2D eigenvalue weighted by atomic mass is 9.31. The van der Waals surface area contributed by atoms with Gasteiger partial charge in [-0.25, -0.2) is 0 Å². The average Bonchev–Trinajstić information content (AvgIpc) is 3.23. The number of allylic oxidation sites excluding steroid dienone is 3. The minimum absolute atomic E-state index is 0.0245. The minimum Gasteiger partial charge on any atom is -0.396 e. The molecule has 4 heteroatoms. The van der Waals surface area contributed by atoms with Crippen LogP contribution in [0.4, 0.5) is 0 Å². The normalized spacial score (nSPS) is 49.9. The van der Waals surface area contributed by atoms with E-state index in [1.807, 2.05) is 5.57 Å². The van der Waals surface area contributed by atoms with Gasteiger partial charge in [0.15, 0.2) is 0 Å². The first-order valence-electron chi connectivity index (χ1n) is 19.9. The van der Waals surface area contributed by atoms with E-state index in [1.54, 1.807) is 5.57 Å². The summed E-state index contributed by atoms with van der Waals surface area (Å²) in [4.78, 5) is 3.11. The second-order valence-electron chi connectivity index (χ2n) is 18.1. The number of aliphatic hydroxyl groups excluding tert-OH is 2. The fourth-order valence-corrected chi connectivity index (χ4v) is 15.3. The molecule has 2 N–H and O–H groups in total. The van der Waals surface area contributed by atoms with Gasteiger partial charge in [0.2, 0.25) is 0 Å². The Bertz CT molecular complexity index is 1290. The Morgan fingerprint density at radius 3 is 2.76 bits per heavy atom. The van der Waals surface area contributed by atoms with E-state index in [0.717, 1.165) is 63.1 Å². The molecule has 0 aromatic rings. The Hall–Kier alpha value is -0.940.